The summed E-state index contributed by atoms with van der Waals surface area (Å²) in [7, 11) is 1.22. The Morgan fingerprint density at radius 2 is 1.93 bits per heavy atom. The first kappa shape index (κ1) is 10.4. The molecular formula is C6H3ClN2O4S2. The van der Waals surface area contributed by atoms with Crippen molar-refractivity contribution in [2.75, 3.05) is 0 Å². The number of nitrogens with one attached hydrogen (secondary N) is 2. The van der Waals surface area contributed by atoms with Gasteiger partial charge in [-0.05, 0) is 6.07 Å². The zero-order valence-electron chi connectivity index (χ0n) is 6.90. The van der Waals surface area contributed by atoms with Crippen molar-refractivity contribution in [2.24, 2.45) is 0 Å². The highest BCUT2D eigenvalue weighted by Crippen LogP contribution is 2.26. The molecule has 0 atom stereocenters. The van der Waals surface area contributed by atoms with Crippen molar-refractivity contribution in [3.05, 3.63) is 26.9 Å². The Kier molecular flexibility index (Phi) is 2.21. The second-order valence-corrected chi connectivity index (χ2v) is 6.50. The molecule has 0 amide bonds. The van der Waals surface area contributed by atoms with Crippen LogP contribution < -0.4 is 11.2 Å². The molecule has 0 unspecified atom stereocenters. The molecule has 0 saturated heterocycles. The second kappa shape index (κ2) is 3.19. The van der Waals surface area contributed by atoms with Gasteiger partial charge in [0.05, 0.1) is 5.39 Å². The van der Waals surface area contributed by atoms with Gasteiger partial charge in [-0.1, -0.05) is 0 Å². The van der Waals surface area contributed by atoms with Crippen LogP contribution in [0, 0.1) is 0 Å². The Labute approximate surface area is 90.9 Å². The fourth-order valence-corrected chi connectivity index (χ4v) is 3.16. The first-order chi connectivity index (χ1) is 6.88. The molecule has 9 heteroatoms. The van der Waals surface area contributed by atoms with Gasteiger partial charge in [0.25, 0.3) is 14.6 Å². The molecule has 0 aliphatic heterocycles. The van der Waals surface area contributed by atoms with Gasteiger partial charge < -0.3 is 0 Å². The predicted octanol–water partition coefficient (Wildman–Crippen LogP) is 0.205. The van der Waals surface area contributed by atoms with E-state index < -0.39 is 20.3 Å². The topological polar surface area (TPSA) is 99.9 Å². The molecule has 0 saturated carbocycles. The van der Waals surface area contributed by atoms with E-state index in [1.54, 1.807) is 0 Å². The van der Waals surface area contributed by atoms with Gasteiger partial charge >= 0.3 is 5.69 Å². The van der Waals surface area contributed by atoms with E-state index in [1.165, 1.54) is 0 Å². The second-order valence-electron chi connectivity index (χ2n) is 2.65. The molecule has 0 spiro atoms. The fourth-order valence-electron chi connectivity index (χ4n) is 1.05. The number of fused-ring (bicyclic) bond motifs is 1. The van der Waals surface area contributed by atoms with Crippen molar-refractivity contribution in [3.63, 3.8) is 0 Å². The van der Waals surface area contributed by atoms with Gasteiger partial charge in [0, 0.05) is 10.7 Å². The quantitative estimate of drug-likeness (QED) is 0.721. The van der Waals surface area contributed by atoms with Gasteiger partial charge in [-0.25, -0.2) is 13.2 Å². The minimum Gasteiger partial charge on any atom is -0.298 e. The molecular weight excluding hydrogens is 264 g/mol. The Bertz CT molecular complexity index is 738. The molecule has 15 heavy (non-hydrogen) atoms. The van der Waals surface area contributed by atoms with Gasteiger partial charge in [0.2, 0.25) is 0 Å². The van der Waals surface area contributed by atoms with Crippen LogP contribution in [-0.4, -0.2) is 18.4 Å². The third kappa shape index (κ3) is 1.83. The van der Waals surface area contributed by atoms with Crippen LogP contribution >= 0.6 is 22.0 Å². The molecule has 0 aliphatic carbocycles. The number of hydrogen-bond acceptors (Lipinski definition) is 5. The summed E-state index contributed by atoms with van der Waals surface area (Å²) in [6.07, 6.45) is 0. The van der Waals surface area contributed by atoms with E-state index in [2.05, 4.69) is 4.98 Å². The summed E-state index contributed by atoms with van der Waals surface area (Å²) in [5, 5.41) is 0.0961. The Hall–Kier alpha value is -1.12. The van der Waals surface area contributed by atoms with Crippen molar-refractivity contribution in [1.29, 1.82) is 0 Å². The van der Waals surface area contributed by atoms with Crippen molar-refractivity contribution in [1.82, 2.24) is 9.97 Å². The molecule has 0 fully saturated rings. The standard InChI is InChI=1S/C6H3ClN2O4S2/c7-15(12,13)3-1-2-4(10)8-6(11)9-5(2)14-3/h1H,(H2,8,9,10,11). The van der Waals surface area contributed by atoms with Gasteiger partial charge in [-0.15, -0.1) is 11.3 Å². The number of hydrogen-bond donors (Lipinski definition) is 2. The van der Waals surface area contributed by atoms with E-state index in [1.807, 2.05) is 4.98 Å². The molecule has 2 aromatic heterocycles. The molecule has 2 N–H and O–H groups in total. The van der Waals surface area contributed by atoms with Crippen LogP contribution in [0.2, 0.25) is 0 Å². The van der Waals surface area contributed by atoms with Crippen molar-refractivity contribution in [2.45, 2.75) is 4.21 Å². The highest BCUT2D eigenvalue weighted by molar-refractivity contribution is 8.15. The molecule has 2 heterocycles. The van der Waals surface area contributed by atoms with Gasteiger partial charge in [0.1, 0.15) is 9.04 Å². The molecule has 80 valence electrons. The summed E-state index contributed by atoms with van der Waals surface area (Å²) in [6, 6.07) is 1.12. The molecule has 0 radical (unpaired) electrons. The third-order valence-electron chi connectivity index (χ3n) is 1.65. The molecule has 0 aliphatic rings. The zero-order valence-corrected chi connectivity index (χ0v) is 9.29. The summed E-state index contributed by atoms with van der Waals surface area (Å²) < 4.78 is 21.8. The van der Waals surface area contributed by atoms with Crippen LogP contribution in [-0.2, 0) is 9.05 Å². The lowest BCUT2D eigenvalue weighted by Gasteiger charge is -1.84. The van der Waals surface area contributed by atoms with E-state index in [-0.39, 0.29) is 14.4 Å². The first-order valence-corrected chi connectivity index (χ1v) is 6.71. The summed E-state index contributed by atoms with van der Waals surface area (Å²) in [4.78, 5) is 26.6. The number of H-pyrrole nitrogens is 2. The van der Waals surface area contributed by atoms with E-state index in [4.69, 9.17) is 10.7 Å². The van der Waals surface area contributed by atoms with Gasteiger partial charge in [-0.2, -0.15) is 0 Å². The number of halogens is 1. The molecule has 0 aromatic carbocycles. The normalized spacial score (nSPS) is 12.1. The van der Waals surface area contributed by atoms with Crippen molar-refractivity contribution >= 4 is 41.3 Å². The fraction of sp³-hybridized carbons (Fsp3) is 0. The Morgan fingerprint density at radius 1 is 1.27 bits per heavy atom. The molecule has 2 rings (SSSR count). The predicted molar refractivity (Wildman–Crippen MR) is 56.1 cm³/mol. The van der Waals surface area contributed by atoms with E-state index in [9.17, 15) is 18.0 Å². The maximum atomic E-state index is 11.2. The van der Waals surface area contributed by atoms with Crippen LogP contribution in [0.15, 0.2) is 19.9 Å². The van der Waals surface area contributed by atoms with Crippen molar-refractivity contribution in [3.8, 4) is 0 Å². The Balaban J connectivity index is 2.95. The van der Waals surface area contributed by atoms with Gasteiger partial charge in [-0.3, -0.25) is 14.8 Å². The SMILES string of the molecule is O=c1[nH]c(=O)c2cc(S(=O)(=O)Cl)sc2[nH]1. The molecule has 2 aromatic rings. The summed E-state index contributed by atoms with van der Waals surface area (Å²) >= 11 is 0.737. The highest BCUT2D eigenvalue weighted by atomic mass is 35.7. The first-order valence-electron chi connectivity index (χ1n) is 3.59. The van der Waals surface area contributed by atoms with E-state index in [0.29, 0.717) is 0 Å². The van der Waals surface area contributed by atoms with Crippen LogP contribution in [0.25, 0.3) is 10.2 Å². The summed E-state index contributed by atoms with van der Waals surface area (Å²) in [6.45, 7) is 0. The summed E-state index contributed by atoms with van der Waals surface area (Å²) in [5.41, 5.74) is -1.33. The van der Waals surface area contributed by atoms with E-state index >= 15 is 0 Å². The number of thiophene rings is 1. The van der Waals surface area contributed by atoms with Crippen LogP contribution in [0.5, 0.6) is 0 Å². The monoisotopic (exact) mass is 266 g/mol. The van der Waals surface area contributed by atoms with Gasteiger partial charge in [0.15, 0.2) is 0 Å². The minimum atomic E-state index is -3.88. The number of aromatic amines is 2. The minimum absolute atomic E-state index is 0.0961. The van der Waals surface area contributed by atoms with Crippen LogP contribution in [0.4, 0.5) is 0 Å². The molecule has 0 bridgehead atoms. The molecule has 6 nitrogen and oxygen atoms in total. The summed E-state index contributed by atoms with van der Waals surface area (Å²) in [5.74, 6) is 0. The van der Waals surface area contributed by atoms with E-state index in [0.717, 1.165) is 17.4 Å². The number of aromatic nitrogens is 2. The van der Waals surface area contributed by atoms with Crippen LogP contribution in [0.1, 0.15) is 0 Å². The third-order valence-corrected chi connectivity index (χ3v) is 4.77. The maximum absolute atomic E-state index is 11.2. The zero-order chi connectivity index (χ0) is 11.2. The highest BCUT2D eigenvalue weighted by Gasteiger charge is 2.16. The largest absolute Gasteiger partial charge is 0.326 e. The van der Waals surface area contributed by atoms with Crippen LogP contribution in [0.3, 0.4) is 0 Å². The lowest BCUT2D eigenvalue weighted by atomic mass is 10.4. The lowest BCUT2D eigenvalue weighted by molar-refractivity contribution is 0.611. The smallest absolute Gasteiger partial charge is 0.298 e. The average molecular weight is 267 g/mol. The van der Waals surface area contributed by atoms with Crippen molar-refractivity contribution < 1.29 is 8.42 Å². The average Bonchev–Trinajstić information content (AvgIpc) is 2.46. The Morgan fingerprint density at radius 3 is 2.53 bits per heavy atom. The maximum Gasteiger partial charge on any atom is 0.326 e. The number of rotatable bonds is 1. The lowest BCUT2D eigenvalue weighted by Crippen LogP contribution is -2.20.